The third-order valence-corrected chi connectivity index (χ3v) is 3.14. The van der Waals surface area contributed by atoms with E-state index >= 15 is 0 Å². The van der Waals surface area contributed by atoms with Gasteiger partial charge in [-0.25, -0.2) is 4.79 Å². The van der Waals surface area contributed by atoms with Crippen molar-refractivity contribution in [2.24, 2.45) is 0 Å². The highest BCUT2D eigenvalue weighted by molar-refractivity contribution is 5.88. The normalized spacial score (nSPS) is 12.3. The Kier molecular flexibility index (Phi) is 3.81. The van der Waals surface area contributed by atoms with Crippen molar-refractivity contribution in [3.05, 3.63) is 46.3 Å². The van der Waals surface area contributed by atoms with Crippen LogP contribution in [0.3, 0.4) is 0 Å². The number of fused-ring (bicyclic) bond motifs is 1. The van der Waals surface area contributed by atoms with Gasteiger partial charge in [0.2, 0.25) is 0 Å². The Morgan fingerprint density at radius 3 is 2.80 bits per heavy atom. The topological polar surface area (TPSA) is 79.9 Å². The molecule has 0 radical (unpaired) electrons. The van der Waals surface area contributed by atoms with Crippen LogP contribution < -0.4 is 10.4 Å². The van der Waals surface area contributed by atoms with Crippen LogP contribution in [0.2, 0.25) is 0 Å². The minimum absolute atomic E-state index is 0.0935. The number of benzene rings is 1. The van der Waals surface area contributed by atoms with Crippen molar-refractivity contribution in [3.8, 4) is 11.5 Å². The van der Waals surface area contributed by atoms with Crippen LogP contribution in [0.4, 0.5) is 0 Å². The van der Waals surface area contributed by atoms with E-state index < -0.39 is 11.7 Å². The number of aliphatic hydroxyl groups excluding tert-OH is 1. The van der Waals surface area contributed by atoms with Gasteiger partial charge in [0, 0.05) is 24.1 Å². The van der Waals surface area contributed by atoms with E-state index in [-0.39, 0.29) is 17.8 Å². The van der Waals surface area contributed by atoms with E-state index in [1.54, 1.807) is 13.0 Å². The summed E-state index contributed by atoms with van der Waals surface area (Å²) in [7, 11) is 1.46. The molecule has 1 heterocycles. The molecule has 106 valence electrons. The molecule has 2 rings (SSSR count). The van der Waals surface area contributed by atoms with Gasteiger partial charge in [0.05, 0.1) is 18.6 Å². The Bertz CT molecular complexity index is 714. The number of methoxy groups -OCH3 is 1. The number of aliphatic hydroxyl groups is 1. The zero-order valence-electron chi connectivity index (χ0n) is 11.3. The van der Waals surface area contributed by atoms with Gasteiger partial charge in [-0.2, -0.15) is 0 Å². The molecular weight excluding hydrogens is 260 g/mol. The smallest absolute Gasteiger partial charge is 0.336 e. The third-order valence-electron chi connectivity index (χ3n) is 3.14. The zero-order valence-corrected chi connectivity index (χ0v) is 11.3. The van der Waals surface area contributed by atoms with Gasteiger partial charge < -0.3 is 19.4 Å². The van der Waals surface area contributed by atoms with Crippen LogP contribution in [0.25, 0.3) is 11.0 Å². The van der Waals surface area contributed by atoms with Crippen LogP contribution >= 0.6 is 0 Å². The van der Waals surface area contributed by atoms with Gasteiger partial charge in [-0.1, -0.05) is 12.2 Å². The van der Waals surface area contributed by atoms with Crippen LogP contribution in [0.15, 0.2) is 39.6 Å². The first-order valence-corrected chi connectivity index (χ1v) is 6.10. The zero-order chi connectivity index (χ0) is 14.9. The highest BCUT2D eigenvalue weighted by Crippen LogP contribution is 2.35. The lowest BCUT2D eigenvalue weighted by Gasteiger charge is -2.14. The van der Waals surface area contributed by atoms with E-state index in [1.165, 1.54) is 19.2 Å². The number of phenolic OH excluding ortho intramolecular Hbond substituents is 1. The summed E-state index contributed by atoms with van der Waals surface area (Å²) in [6, 6.07) is 4.28. The fraction of sp³-hybridized carbons (Fsp3) is 0.267. The minimum Gasteiger partial charge on any atom is -0.507 e. The molecule has 0 aliphatic carbocycles. The van der Waals surface area contributed by atoms with Gasteiger partial charge in [-0.15, -0.1) is 0 Å². The number of aromatic hydroxyl groups is 1. The van der Waals surface area contributed by atoms with Crippen LogP contribution in [0.1, 0.15) is 12.5 Å². The molecular formula is C15H16O5. The summed E-state index contributed by atoms with van der Waals surface area (Å²) in [6.07, 6.45) is -0.725. The Balaban J connectivity index is 2.69. The van der Waals surface area contributed by atoms with E-state index in [9.17, 15) is 15.0 Å². The second-order valence-electron chi connectivity index (χ2n) is 4.64. The quantitative estimate of drug-likeness (QED) is 0.659. The van der Waals surface area contributed by atoms with E-state index in [4.69, 9.17) is 9.15 Å². The average molecular weight is 276 g/mol. The van der Waals surface area contributed by atoms with Crippen molar-refractivity contribution in [1.82, 2.24) is 0 Å². The van der Waals surface area contributed by atoms with Crippen LogP contribution in [0, 0.1) is 0 Å². The van der Waals surface area contributed by atoms with E-state index in [2.05, 4.69) is 6.58 Å². The number of ether oxygens (including phenoxy) is 1. The van der Waals surface area contributed by atoms with Gasteiger partial charge in [0.25, 0.3) is 0 Å². The van der Waals surface area contributed by atoms with Crippen LogP contribution in [0.5, 0.6) is 11.5 Å². The van der Waals surface area contributed by atoms with Crippen molar-refractivity contribution >= 4 is 11.0 Å². The molecule has 1 atom stereocenters. The highest BCUT2D eigenvalue weighted by Gasteiger charge is 2.18. The van der Waals surface area contributed by atoms with Crippen LogP contribution in [-0.2, 0) is 6.42 Å². The molecule has 0 saturated carbocycles. The summed E-state index contributed by atoms with van der Waals surface area (Å²) in [4.78, 5) is 11.4. The largest absolute Gasteiger partial charge is 0.507 e. The van der Waals surface area contributed by atoms with Gasteiger partial charge in [0.15, 0.2) is 0 Å². The molecule has 2 N–H and O–H groups in total. The minimum atomic E-state index is -0.831. The fourth-order valence-corrected chi connectivity index (χ4v) is 1.97. The first-order valence-electron chi connectivity index (χ1n) is 6.10. The molecule has 1 aromatic carbocycles. The SMILES string of the molecule is C=C(C)C(O)Cc1c(O)cc(OC)c2ccc(=O)oc12. The first-order chi connectivity index (χ1) is 9.43. The first kappa shape index (κ1) is 14.1. The molecule has 5 nitrogen and oxygen atoms in total. The third kappa shape index (κ3) is 2.53. The molecule has 0 bridgehead atoms. The fourth-order valence-electron chi connectivity index (χ4n) is 1.97. The molecule has 2 aromatic rings. The van der Waals surface area contributed by atoms with E-state index in [1.807, 2.05) is 0 Å². The van der Waals surface area contributed by atoms with Crippen molar-refractivity contribution < 1.29 is 19.4 Å². The van der Waals surface area contributed by atoms with E-state index in [0.29, 0.717) is 22.3 Å². The molecule has 0 saturated heterocycles. The summed E-state index contributed by atoms with van der Waals surface area (Å²) < 4.78 is 10.3. The molecule has 0 aliphatic rings. The number of hydrogen-bond acceptors (Lipinski definition) is 5. The Morgan fingerprint density at radius 2 is 2.20 bits per heavy atom. The molecule has 20 heavy (non-hydrogen) atoms. The maximum atomic E-state index is 11.4. The number of rotatable bonds is 4. The summed E-state index contributed by atoms with van der Waals surface area (Å²) >= 11 is 0. The molecule has 1 unspecified atom stereocenters. The molecule has 0 amide bonds. The summed E-state index contributed by atoms with van der Waals surface area (Å²) in [5.41, 5.74) is 0.603. The second-order valence-corrected chi connectivity index (χ2v) is 4.64. The Morgan fingerprint density at radius 1 is 1.50 bits per heavy atom. The summed E-state index contributed by atoms with van der Waals surface area (Å²) in [6.45, 7) is 5.35. The maximum absolute atomic E-state index is 11.4. The summed E-state index contributed by atoms with van der Waals surface area (Å²) in [5, 5.41) is 20.5. The molecule has 5 heteroatoms. The molecule has 0 aliphatic heterocycles. The second kappa shape index (κ2) is 5.38. The maximum Gasteiger partial charge on any atom is 0.336 e. The molecule has 0 fully saturated rings. The van der Waals surface area contributed by atoms with Gasteiger partial charge >= 0.3 is 5.63 Å². The monoisotopic (exact) mass is 276 g/mol. The highest BCUT2D eigenvalue weighted by atomic mass is 16.5. The number of hydrogen-bond donors (Lipinski definition) is 2. The lowest BCUT2D eigenvalue weighted by Crippen LogP contribution is -2.12. The predicted octanol–water partition coefficient (Wildman–Crippen LogP) is 1.99. The molecule has 1 aromatic heterocycles. The van der Waals surface area contributed by atoms with Crippen LogP contribution in [-0.4, -0.2) is 23.4 Å². The number of phenols is 1. The Hall–Kier alpha value is -2.27. The Labute approximate surface area is 115 Å². The van der Waals surface area contributed by atoms with Crippen molar-refractivity contribution in [2.45, 2.75) is 19.4 Å². The van der Waals surface area contributed by atoms with E-state index in [0.717, 1.165) is 0 Å². The van der Waals surface area contributed by atoms with Crippen molar-refractivity contribution in [3.63, 3.8) is 0 Å². The lowest BCUT2D eigenvalue weighted by atomic mass is 10.00. The lowest BCUT2D eigenvalue weighted by molar-refractivity contribution is 0.210. The standard InChI is InChI=1S/C15H16O5/c1-8(2)11(16)6-10-12(17)7-13(19-3)9-4-5-14(18)20-15(9)10/h4-5,7,11,16-17H,1,6H2,2-3H3. The summed E-state index contributed by atoms with van der Waals surface area (Å²) in [5.74, 6) is 0.304. The van der Waals surface area contributed by atoms with Crippen molar-refractivity contribution in [2.75, 3.05) is 7.11 Å². The van der Waals surface area contributed by atoms with Crippen molar-refractivity contribution in [1.29, 1.82) is 0 Å². The average Bonchev–Trinajstić information content (AvgIpc) is 2.41. The van der Waals surface area contributed by atoms with Gasteiger partial charge in [-0.3, -0.25) is 0 Å². The molecule has 0 spiro atoms. The predicted molar refractivity (Wildman–Crippen MR) is 75.2 cm³/mol. The van der Waals surface area contributed by atoms with Gasteiger partial charge in [-0.05, 0) is 13.0 Å². The van der Waals surface area contributed by atoms with Gasteiger partial charge in [0.1, 0.15) is 17.1 Å².